The molecule has 5 nitrogen and oxygen atoms in total. The molecule has 0 atom stereocenters. The van der Waals surface area contributed by atoms with Crippen molar-refractivity contribution in [1.82, 2.24) is 9.29 Å². The van der Waals surface area contributed by atoms with E-state index < -0.39 is 10.0 Å². The number of sulfonamides is 1. The predicted octanol–water partition coefficient (Wildman–Crippen LogP) is 2.71. The lowest BCUT2D eigenvalue weighted by Gasteiger charge is -2.22. The predicted molar refractivity (Wildman–Crippen MR) is 84.8 cm³/mol. The Morgan fingerprint density at radius 2 is 2.10 bits per heavy atom. The first-order chi connectivity index (χ1) is 10.1. The van der Waals surface area contributed by atoms with Gasteiger partial charge in [0.05, 0.1) is 5.69 Å². The molecule has 1 N–H and O–H groups in total. The third kappa shape index (κ3) is 4.17. The number of nitrogens with zero attached hydrogens (tertiary/aromatic N) is 2. The van der Waals surface area contributed by atoms with Crippen LogP contribution in [0.2, 0.25) is 0 Å². The maximum absolute atomic E-state index is 12.9. The minimum Gasteiger partial charge on any atom is -0.383 e. The first kappa shape index (κ1) is 16.2. The summed E-state index contributed by atoms with van der Waals surface area (Å²) < 4.78 is 27.4. The van der Waals surface area contributed by atoms with Crippen molar-refractivity contribution in [1.29, 1.82) is 0 Å². The molecular formula is C15H25N3O2S. The van der Waals surface area contributed by atoms with Gasteiger partial charge in [-0.2, -0.15) is 4.31 Å². The van der Waals surface area contributed by atoms with Crippen molar-refractivity contribution in [2.75, 3.05) is 25.0 Å². The summed E-state index contributed by atoms with van der Waals surface area (Å²) in [7, 11) is -3.52. The standard InChI is InChI=1S/C15H25N3O2S/c1-3-9-16-14-6-5-10-17-15(14)21(19,20)18(11-4-2)12-13-7-8-13/h5-6,10,13,16H,3-4,7-9,11-12H2,1-2H3. The summed E-state index contributed by atoms with van der Waals surface area (Å²) in [5, 5.41) is 3.33. The quantitative estimate of drug-likeness (QED) is 0.761. The van der Waals surface area contributed by atoms with Gasteiger partial charge >= 0.3 is 0 Å². The molecule has 1 aromatic rings. The zero-order valence-corrected chi connectivity index (χ0v) is 13.7. The summed E-state index contributed by atoms with van der Waals surface area (Å²) in [6.07, 6.45) is 5.58. The SMILES string of the molecule is CCCNc1cccnc1S(=O)(=O)N(CCC)CC1CC1. The summed E-state index contributed by atoms with van der Waals surface area (Å²) in [5.41, 5.74) is 0.608. The lowest BCUT2D eigenvalue weighted by molar-refractivity contribution is 0.394. The van der Waals surface area contributed by atoms with Crippen molar-refractivity contribution in [3.63, 3.8) is 0 Å². The molecule has 0 aromatic carbocycles. The average molecular weight is 311 g/mol. The van der Waals surface area contributed by atoms with Gasteiger partial charge in [0.15, 0.2) is 5.03 Å². The van der Waals surface area contributed by atoms with Crippen molar-refractivity contribution in [2.24, 2.45) is 5.92 Å². The topological polar surface area (TPSA) is 62.3 Å². The second-order valence-electron chi connectivity index (χ2n) is 5.59. The van der Waals surface area contributed by atoms with Crippen molar-refractivity contribution in [3.8, 4) is 0 Å². The van der Waals surface area contributed by atoms with Gasteiger partial charge in [0.25, 0.3) is 10.0 Å². The van der Waals surface area contributed by atoms with Crippen molar-refractivity contribution < 1.29 is 8.42 Å². The molecule has 1 aromatic heterocycles. The molecule has 0 aliphatic heterocycles. The van der Waals surface area contributed by atoms with Gasteiger partial charge in [-0.25, -0.2) is 13.4 Å². The fourth-order valence-electron chi connectivity index (χ4n) is 2.26. The van der Waals surface area contributed by atoms with E-state index in [0.29, 0.717) is 24.7 Å². The molecule has 2 rings (SSSR count). The Balaban J connectivity index is 2.27. The second-order valence-corrected chi connectivity index (χ2v) is 7.44. The van der Waals surface area contributed by atoms with E-state index in [0.717, 1.165) is 32.2 Å². The van der Waals surface area contributed by atoms with Gasteiger partial charge in [-0.15, -0.1) is 0 Å². The first-order valence-electron chi connectivity index (χ1n) is 7.78. The van der Waals surface area contributed by atoms with E-state index in [1.807, 2.05) is 13.8 Å². The number of pyridine rings is 1. The number of hydrogen-bond donors (Lipinski definition) is 1. The molecule has 118 valence electrons. The van der Waals surface area contributed by atoms with Gasteiger partial charge in [-0.1, -0.05) is 13.8 Å². The molecular weight excluding hydrogens is 286 g/mol. The molecule has 6 heteroatoms. The zero-order chi connectivity index (χ0) is 15.3. The highest BCUT2D eigenvalue weighted by Crippen LogP contribution is 2.32. The Morgan fingerprint density at radius 3 is 2.71 bits per heavy atom. The third-order valence-electron chi connectivity index (χ3n) is 3.55. The van der Waals surface area contributed by atoms with Crippen molar-refractivity contribution in [3.05, 3.63) is 18.3 Å². The zero-order valence-electron chi connectivity index (χ0n) is 12.9. The van der Waals surface area contributed by atoms with Crippen LogP contribution in [0.4, 0.5) is 5.69 Å². The molecule has 0 amide bonds. The third-order valence-corrected chi connectivity index (χ3v) is 5.38. The molecule has 0 saturated heterocycles. The van der Waals surface area contributed by atoms with Crippen LogP contribution >= 0.6 is 0 Å². The average Bonchev–Trinajstić information content (AvgIpc) is 3.29. The molecule has 0 unspecified atom stereocenters. The lowest BCUT2D eigenvalue weighted by atomic mass is 10.4. The van der Waals surface area contributed by atoms with Crippen molar-refractivity contribution >= 4 is 15.7 Å². The molecule has 1 fully saturated rings. The van der Waals surface area contributed by atoms with E-state index in [4.69, 9.17) is 0 Å². The number of hydrogen-bond acceptors (Lipinski definition) is 4. The summed E-state index contributed by atoms with van der Waals surface area (Å²) in [6.45, 7) is 5.98. The van der Waals surface area contributed by atoms with Gasteiger partial charge in [0.2, 0.25) is 0 Å². The number of nitrogens with one attached hydrogen (secondary N) is 1. The van der Waals surface area contributed by atoms with Crippen LogP contribution in [0, 0.1) is 5.92 Å². The van der Waals surface area contributed by atoms with Gasteiger partial charge in [-0.3, -0.25) is 0 Å². The maximum Gasteiger partial charge on any atom is 0.262 e. The van der Waals surface area contributed by atoms with Crippen LogP contribution in [-0.4, -0.2) is 37.3 Å². The molecule has 0 bridgehead atoms. The Hall–Kier alpha value is -1.14. The minimum absolute atomic E-state index is 0.160. The highest BCUT2D eigenvalue weighted by Gasteiger charge is 2.33. The Labute approximate surface area is 127 Å². The van der Waals surface area contributed by atoms with Gasteiger partial charge < -0.3 is 5.32 Å². The molecule has 0 spiro atoms. The molecule has 1 aliphatic rings. The van der Waals surface area contributed by atoms with Crippen LogP contribution in [0.15, 0.2) is 23.4 Å². The van der Waals surface area contributed by atoms with E-state index in [1.54, 1.807) is 22.6 Å². The summed E-state index contributed by atoms with van der Waals surface area (Å²) in [4.78, 5) is 4.14. The van der Waals surface area contributed by atoms with Crippen LogP contribution in [0.25, 0.3) is 0 Å². The van der Waals surface area contributed by atoms with Crippen LogP contribution in [0.1, 0.15) is 39.5 Å². The molecule has 0 radical (unpaired) electrons. The van der Waals surface area contributed by atoms with Gasteiger partial charge in [-0.05, 0) is 43.7 Å². The Bertz CT molecular complexity index is 556. The summed E-state index contributed by atoms with van der Waals surface area (Å²) >= 11 is 0. The smallest absolute Gasteiger partial charge is 0.262 e. The molecule has 1 heterocycles. The Morgan fingerprint density at radius 1 is 1.33 bits per heavy atom. The van der Waals surface area contributed by atoms with Crippen LogP contribution in [0.5, 0.6) is 0 Å². The Kier molecular flexibility index (Phi) is 5.58. The van der Waals surface area contributed by atoms with Gasteiger partial charge in [0, 0.05) is 25.8 Å². The second kappa shape index (κ2) is 7.22. The molecule has 21 heavy (non-hydrogen) atoms. The number of rotatable bonds is 9. The molecule has 1 aliphatic carbocycles. The normalized spacial score (nSPS) is 15.4. The van der Waals surface area contributed by atoms with Gasteiger partial charge in [0.1, 0.15) is 0 Å². The monoisotopic (exact) mass is 311 g/mol. The number of anilines is 1. The van der Waals surface area contributed by atoms with E-state index in [-0.39, 0.29) is 5.03 Å². The lowest BCUT2D eigenvalue weighted by Crippen LogP contribution is -2.34. The van der Waals surface area contributed by atoms with E-state index in [9.17, 15) is 8.42 Å². The van der Waals surface area contributed by atoms with Crippen molar-refractivity contribution in [2.45, 2.75) is 44.6 Å². The fraction of sp³-hybridized carbons (Fsp3) is 0.667. The van der Waals surface area contributed by atoms with Crippen LogP contribution in [-0.2, 0) is 10.0 Å². The highest BCUT2D eigenvalue weighted by atomic mass is 32.2. The summed E-state index contributed by atoms with van der Waals surface area (Å²) in [6, 6.07) is 3.55. The van der Waals surface area contributed by atoms with Crippen LogP contribution in [0.3, 0.4) is 0 Å². The highest BCUT2D eigenvalue weighted by molar-refractivity contribution is 7.89. The molecule has 1 saturated carbocycles. The van der Waals surface area contributed by atoms with E-state index in [1.165, 1.54) is 0 Å². The van der Waals surface area contributed by atoms with E-state index in [2.05, 4.69) is 10.3 Å². The maximum atomic E-state index is 12.9. The fourth-order valence-corrected chi connectivity index (χ4v) is 3.95. The largest absolute Gasteiger partial charge is 0.383 e. The minimum atomic E-state index is -3.52. The first-order valence-corrected chi connectivity index (χ1v) is 9.22. The van der Waals surface area contributed by atoms with E-state index >= 15 is 0 Å². The number of aromatic nitrogens is 1. The van der Waals surface area contributed by atoms with Crippen LogP contribution < -0.4 is 5.32 Å². The summed E-state index contributed by atoms with van der Waals surface area (Å²) in [5.74, 6) is 0.530.